The van der Waals surface area contributed by atoms with E-state index in [1.54, 1.807) is 18.2 Å². The van der Waals surface area contributed by atoms with Gasteiger partial charge in [0.1, 0.15) is 19.0 Å². The number of hydrogen-bond donors (Lipinski definition) is 1. The Balaban J connectivity index is 2.68. The van der Waals surface area contributed by atoms with Gasteiger partial charge in [0.15, 0.2) is 11.5 Å². The Kier molecular flexibility index (Phi) is 6.18. The minimum Gasteiger partial charge on any atom is -0.493 e. The van der Waals surface area contributed by atoms with Crippen LogP contribution in [0, 0.1) is 0 Å². The Morgan fingerprint density at radius 2 is 2.17 bits per heavy atom. The van der Waals surface area contributed by atoms with E-state index in [9.17, 15) is 4.79 Å². The highest BCUT2D eigenvalue weighted by molar-refractivity contribution is 5.76. The summed E-state index contributed by atoms with van der Waals surface area (Å²) in [4.78, 5) is 10.6. The van der Waals surface area contributed by atoms with Crippen LogP contribution in [-0.4, -0.2) is 44.4 Å². The molecule has 0 spiro atoms. The van der Waals surface area contributed by atoms with Crippen LogP contribution in [0.1, 0.15) is 17.3 Å². The summed E-state index contributed by atoms with van der Waals surface area (Å²) in [5.41, 5.74) is 0.516. The van der Waals surface area contributed by atoms with Crippen molar-refractivity contribution in [1.82, 2.24) is 0 Å². The summed E-state index contributed by atoms with van der Waals surface area (Å²) in [6.07, 6.45) is 0.369. The summed E-state index contributed by atoms with van der Waals surface area (Å²) in [7, 11) is 1.50. The van der Waals surface area contributed by atoms with E-state index in [0.717, 1.165) is 6.29 Å². The molecule has 0 saturated carbocycles. The molecule has 0 saturated heterocycles. The first kappa shape index (κ1) is 14.5. The summed E-state index contributed by atoms with van der Waals surface area (Å²) in [5, 5.41) is 9.06. The van der Waals surface area contributed by atoms with Gasteiger partial charge in [-0.05, 0) is 25.1 Å². The predicted molar refractivity (Wildman–Crippen MR) is 66.4 cm³/mol. The number of hydrogen-bond acceptors (Lipinski definition) is 5. The third-order valence-corrected chi connectivity index (χ3v) is 2.35. The highest BCUT2D eigenvalue weighted by atomic mass is 16.5. The van der Waals surface area contributed by atoms with Gasteiger partial charge in [0.05, 0.1) is 13.7 Å². The zero-order valence-electron chi connectivity index (χ0n) is 10.6. The molecular weight excluding hydrogens is 236 g/mol. The van der Waals surface area contributed by atoms with Crippen LogP contribution >= 0.6 is 0 Å². The van der Waals surface area contributed by atoms with Crippen molar-refractivity contribution < 1.29 is 24.1 Å². The molecule has 18 heavy (non-hydrogen) atoms. The van der Waals surface area contributed by atoms with Crippen molar-refractivity contribution in [2.24, 2.45) is 0 Å². The van der Waals surface area contributed by atoms with Crippen molar-refractivity contribution in [2.75, 3.05) is 26.9 Å². The Morgan fingerprint density at radius 3 is 2.72 bits per heavy atom. The fourth-order valence-corrected chi connectivity index (χ4v) is 1.45. The lowest BCUT2D eigenvalue weighted by Gasteiger charge is -2.16. The average molecular weight is 254 g/mol. The molecular formula is C13H18O5. The van der Waals surface area contributed by atoms with Gasteiger partial charge in [0.25, 0.3) is 0 Å². The predicted octanol–water partition coefficient (Wildman–Crippen LogP) is 1.28. The van der Waals surface area contributed by atoms with Gasteiger partial charge in [0.2, 0.25) is 0 Å². The van der Waals surface area contributed by atoms with Crippen LogP contribution in [0.3, 0.4) is 0 Å². The fourth-order valence-electron chi connectivity index (χ4n) is 1.45. The summed E-state index contributed by atoms with van der Waals surface area (Å²) < 4.78 is 15.9. The van der Waals surface area contributed by atoms with Crippen LogP contribution in [-0.2, 0) is 4.74 Å². The van der Waals surface area contributed by atoms with Crippen LogP contribution in [0.15, 0.2) is 18.2 Å². The van der Waals surface area contributed by atoms with Gasteiger partial charge in [-0.3, -0.25) is 4.79 Å². The Hall–Kier alpha value is -1.59. The van der Waals surface area contributed by atoms with Gasteiger partial charge in [-0.1, -0.05) is 0 Å². The lowest BCUT2D eigenvalue weighted by Crippen LogP contribution is -2.25. The van der Waals surface area contributed by atoms with E-state index in [1.165, 1.54) is 7.11 Å². The van der Waals surface area contributed by atoms with Gasteiger partial charge in [0, 0.05) is 12.2 Å². The number of carbonyl (C=O) groups excluding carboxylic acids is 1. The maximum absolute atomic E-state index is 10.6. The van der Waals surface area contributed by atoms with Crippen molar-refractivity contribution in [3.8, 4) is 11.5 Å². The third-order valence-electron chi connectivity index (χ3n) is 2.35. The first-order valence-electron chi connectivity index (χ1n) is 5.73. The number of ether oxygens (including phenoxy) is 3. The molecule has 0 aliphatic rings. The van der Waals surface area contributed by atoms with E-state index in [1.807, 2.05) is 6.92 Å². The molecule has 5 heteroatoms. The molecule has 0 aromatic heterocycles. The van der Waals surface area contributed by atoms with Crippen LogP contribution in [0.25, 0.3) is 0 Å². The first-order valence-corrected chi connectivity index (χ1v) is 5.73. The van der Waals surface area contributed by atoms with E-state index in [4.69, 9.17) is 19.3 Å². The van der Waals surface area contributed by atoms with Gasteiger partial charge >= 0.3 is 0 Å². The monoisotopic (exact) mass is 254 g/mol. The van der Waals surface area contributed by atoms with Gasteiger partial charge < -0.3 is 19.3 Å². The van der Waals surface area contributed by atoms with Crippen molar-refractivity contribution in [3.63, 3.8) is 0 Å². The number of aliphatic hydroxyl groups excluding tert-OH is 1. The zero-order valence-corrected chi connectivity index (χ0v) is 10.6. The number of rotatable bonds is 8. The van der Waals surface area contributed by atoms with Gasteiger partial charge in [-0.2, -0.15) is 0 Å². The summed E-state index contributed by atoms with van der Waals surface area (Å²) >= 11 is 0. The topological polar surface area (TPSA) is 65.0 Å². The maximum Gasteiger partial charge on any atom is 0.161 e. The van der Waals surface area contributed by atoms with E-state index >= 15 is 0 Å². The molecule has 0 fully saturated rings. The molecule has 1 aromatic carbocycles. The Labute approximate surface area is 106 Å². The van der Waals surface area contributed by atoms with Crippen molar-refractivity contribution in [3.05, 3.63) is 23.8 Å². The first-order chi connectivity index (χ1) is 8.74. The summed E-state index contributed by atoms with van der Waals surface area (Å²) in [6, 6.07) is 4.89. The molecule has 5 nitrogen and oxygen atoms in total. The molecule has 1 aromatic rings. The van der Waals surface area contributed by atoms with E-state index in [0.29, 0.717) is 23.7 Å². The highest BCUT2D eigenvalue weighted by Crippen LogP contribution is 2.27. The highest BCUT2D eigenvalue weighted by Gasteiger charge is 2.11. The van der Waals surface area contributed by atoms with Crippen molar-refractivity contribution in [2.45, 2.75) is 13.0 Å². The second kappa shape index (κ2) is 7.68. The molecule has 0 amide bonds. The molecule has 0 aliphatic carbocycles. The fraction of sp³-hybridized carbons (Fsp3) is 0.462. The number of aldehydes is 1. The standard InChI is InChI=1S/C13H18O5/c1-3-17-11(8-15)9-18-12-5-4-10(7-14)6-13(12)16-2/h4-7,11,15H,3,8-9H2,1-2H3. The molecule has 100 valence electrons. The quantitative estimate of drug-likeness (QED) is 0.708. The second-order valence-corrected chi connectivity index (χ2v) is 3.60. The molecule has 0 bridgehead atoms. The molecule has 1 N–H and O–H groups in total. The average Bonchev–Trinajstić information content (AvgIpc) is 2.43. The number of methoxy groups -OCH3 is 1. The van der Waals surface area contributed by atoms with Gasteiger partial charge in [-0.25, -0.2) is 0 Å². The Bertz CT molecular complexity index is 378. The van der Waals surface area contributed by atoms with Gasteiger partial charge in [-0.15, -0.1) is 0 Å². The zero-order chi connectivity index (χ0) is 13.4. The van der Waals surface area contributed by atoms with Crippen molar-refractivity contribution >= 4 is 6.29 Å². The SMILES string of the molecule is CCOC(CO)COc1ccc(C=O)cc1OC. The van der Waals surface area contributed by atoms with Crippen LogP contribution in [0.4, 0.5) is 0 Å². The molecule has 0 heterocycles. The minimum absolute atomic E-state index is 0.109. The van der Waals surface area contributed by atoms with Crippen LogP contribution in [0.2, 0.25) is 0 Å². The van der Waals surface area contributed by atoms with Crippen LogP contribution in [0.5, 0.6) is 11.5 Å². The molecule has 1 rings (SSSR count). The number of benzene rings is 1. The molecule has 1 atom stereocenters. The molecule has 0 radical (unpaired) electrons. The lowest BCUT2D eigenvalue weighted by atomic mass is 10.2. The molecule has 1 unspecified atom stereocenters. The maximum atomic E-state index is 10.6. The number of carbonyl (C=O) groups is 1. The summed E-state index contributed by atoms with van der Waals surface area (Å²) in [6.45, 7) is 2.47. The van der Waals surface area contributed by atoms with Crippen LogP contribution < -0.4 is 9.47 Å². The molecule has 0 aliphatic heterocycles. The van der Waals surface area contributed by atoms with E-state index in [2.05, 4.69) is 0 Å². The van der Waals surface area contributed by atoms with E-state index in [-0.39, 0.29) is 19.3 Å². The lowest BCUT2D eigenvalue weighted by molar-refractivity contribution is -0.00807. The normalized spacial score (nSPS) is 11.9. The second-order valence-electron chi connectivity index (χ2n) is 3.60. The summed E-state index contributed by atoms with van der Waals surface area (Å²) in [5.74, 6) is 0.994. The largest absolute Gasteiger partial charge is 0.493 e. The number of aliphatic hydroxyl groups is 1. The smallest absolute Gasteiger partial charge is 0.161 e. The minimum atomic E-state index is -0.370. The van der Waals surface area contributed by atoms with E-state index < -0.39 is 0 Å². The Morgan fingerprint density at radius 1 is 1.39 bits per heavy atom. The van der Waals surface area contributed by atoms with Crippen molar-refractivity contribution in [1.29, 1.82) is 0 Å². The third kappa shape index (κ3) is 4.01.